The van der Waals surface area contributed by atoms with Gasteiger partial charge in [-0.3, -0.25) is 9.59 Å². The number of halogens is 2. The van der Waals surface area contributed by atoms with Crippen LogP contribution in [0, 0.1) is 13.8 Å². The summed E-state index contributed by atoms with van der Waals surface area (Å²) in [4.78, 5) is 26.1. The second-order valence-corrected chi connectivity index (χ2v) is 9.28. The molecule has 31 heavy (non-hydrogen) atoms. The maximum atomic E-state index is 13.3. The van der Waals surface area contributed by atoms with Crippen molar-refractivity contribution in [2.45, 2.75) is 58.5 Å². The van der Waals surface area contributed by atoms with Gasteiger partial charge in [-0.15, -0.1) is 0 Å². The van der Waals surface area contributed by atoms with Gasteiger partial charge in [0.1, 0.15) is 0 Å². The van der Waals surface area contributed by atoms with E-state index in [1.807, 2.05) is 42.7 Å². The fourth-order valence-corrected chi connectivity index (χ4v) is 4.99. The highest BCUT2D eigenvalue weighted by Crippen LogP contribution is 2.30. The minimum atomic E-state index is -0.514. The Kier molecular flexibility index (Phi) is 6.40. The quantitative estimate of drug-likeness (QED) is 0.364. The van der Waals surface area contributed by atoms with Crippen molar-refractivity contribution in [2.24, 2.45) is 0 Å². The van der Waals surface area contributed by atoms with Gasteiger partial charge in [0.2, 0.25) is 0 Å². The van der Waals surface area contributed by atoms with E-state index in [0.717, 1.165) is 53.4 Å². The van der Waals surface area contributed by atoms with Crippen LogP contribution >= 0.6 is 23.2 Å². The monoisotopic (exact) mass is 456 g/mol. The van der Waals surface area contributed by atoms with Gasteiger partial charge in [0.15, 0.2) is 0 Å². The van der Waals surface area contributed by atoms with Crippen LogP contribution in [-0.4, -0.2) is 22.3 Å². The van der Waals surface area contributed by atoms with Crippen LogP contribution in [-0.2, 0) is 11.3 Å². The Bertz CT molecular complexity index is 1160. The Morgan fingerprint density at radius 1 is 1.03 bits per heavy atom. The predicted octanol–water partition coefficient (Wildman–Crippen LogP) is 6.24. The van der Waals surface area contributed by atoms with E-state index in [9.17, 15) is 9.59 Å². The number of fused-ring (bicyclic) bond motifs is 1. The molecule has 3 aromatic rings. The van der Waals surface area contributed by atoms with Crippen molar-refractivity contribution < 1.29 is 9.59 Å². The molecule has 1 amide bonds. The smallest absolute Gasteiger partial charge is 0.292 e. The Hall–Kier alpha value is -2.30. The molecule has 0 saturated heterocycles. The average Bonchev–Trinajstić information content (AvgIpc) is 3.00. The van der Waals surface area contributed by atoms with Crippen molar-refractivity contribution >= 4 is 45.8 Å². The number of carbonyl (C=O) groups is 2. The highest BCUT2D eigenvalue weighted by atomic mass is 35.5. The van der Waals surface area contributed by atoms with Crippen LogP contribution in [0.1, 0.15) is 59.3 Å². The van der Waals surface area contributed by atoms with Gasteiger partial charge < -0.3 is 9.88 Å². The fourth-order valence-electron chi connectivity index (χ4n) is 4.52. The molecule has 1 fully saturated rings. The minimum Gasteiger partial charge on any atom is -0.346 e. The highest BCUT2D eigenvalue weighted by Gasteiger charge is 2.27. The number of nitrogens with zero attached hydrogens (tertiary/aromatic N) is 1. The second-order valence-electron chi connectivity index (χ2n) is 8.44. The van der Waals surface area contributed by atoms with E-state index in [1.165, 1.54) is 6.42 Å². The molecular formula is C25H26Cl2N2O2. The topological polar surface area (TPSA) is 51.1 Å². The summed E-state index contributed by atoms with van der Waals surface area (Å²) in [6.07, 6.45) is 5.26. The van der Waals surface area contributed by atoms with E-state index in [2.05, 4.69) is 5.32 Å². The summed E-state index contributed by atoms with van der Waals surface area (Å²) < 4.78 is 2.05. The zero-order chi connectivity index (χ0) is 22.1. The number of benzene rings is 2. The van der Waals surface area contributed by atoms with Crippen molar-refractivity contribution in [2.75, 3.05) is 0 Å². The molecule has 0 atom stereocenters. The largest absolute Gasteiger partial charge is 0.346 e. The fraction of sp³-hybridized carbons (Fsp3) is 0.360. The number of nitrogens with one attached hydrogen (secondary N) is 1. The van der Waals surface area contributed by atoms with E-state index in [0.29, 0.717) is 22.2 Å². The summed E-state index contributed by atoms with van der Waals surface area (Å²) in [7, 11) is 0. The van der Waals surface area contributed by atoms with E-state index < -0.39 is 11.7 Å². The Morgan fingerprint density at radius 2 is 1.77 bits per heavy atom. The van der Waals surface area contributed by atoms with Crippen LogP contribution in [0.4, 0.5) is 0 Å². The van der Waals surface area contributed by atoms with Crippen LogP contribution in [0.3, 0.4) is 0 Å². The van der Waals surface area contributed by atoms with Gasteiger partial charge >= 0.3 is 0 Å². The molecule has 1 aliphatic carbocycles. The van der Waals surface area contributed by atoms with E-state index in [1.54, 1.807) is 12.1 Å². The Labute approximate surface area is 192 Å². The molecule has 1 saturated carbocycles. The van der Waals surface area contributed by atoms with Crippen molar-refractivity contribution in [3.8, 4) is 0 Å². The third kappa shape index (κ3) is 4.51. The van der Waals surface area contributed by atoms with Crippen molar-refractivity contribution in [3.63, 3.8) is 0 Å². The molecule has 0 spiro atoms. The average molecular weight is 457 g/mol. The second kappa shape index (κ2) is 9.05. The lowest BCUT2D eigenvalue weighted by atomic mass is 9.95. The molecule has 1 aliphatic rings. The number of amides is 1. The maximum Gasteiger partial charge on any atom is 0.292 e. The Balaban J connectivity index is 1.73. The van der Waals surface area contributed by atoms with Crippen LogP contribution in [0.25, 0.3) is 10.9 Å². The van der Waals surface area contributed by atoms with Gasteiger partial charge in [-0.2, -0.15) is 0 Å². The molecule has 0 unspecified atom stereocenters. The van der Waals surface area contributed by atoms with E-state index >= 15 is 0 Å². The first kappa shape index (κ1) is 21.9. The number of carbonyl (C=O) groups excluding carboxylic acids is 2. The maximum absolute atomic E-state index is 13.3. The zero-order valence-electron chi connectivity index (χ0n) is 17.8. The summed E-state index contributed by atoms with van der Waals surface area (Å²) in [5, 5.41) is 4.91. The molecule has 1 N–H and O–H groups in total. The highest BCUT2D eigenvalue weighted by molar-refractivity contribution is 6.45. The minimum absolute atomic E-state index is 0.0912. The summed E-state index contributed by atoms with van der Waals surface area (Å²) in [5.74, 6) is -0.986. The summed E-state index contributed by atoms with van der Waals surface area (Å²) in [6, 6.07) is 11.5. The number of ketones is 1. The Morgan fingerprint density at radius 3 is 2.48 bits per heavy atom. The number of aryl methyl sites for hydroxylation is 1. The number of hydrogen-bond acceptors (Lipinski definition) is 2. The molecule has 6 heteroatoms. The molecule has 2 aromatic carbocycles. The van der Waals surface area contributed by atoms with E-state index in [-0.39, 0.29) is 6.04 Å². The molecule has 162 valence electrons. The van der Waals surface area contributed by atoms with Crippen molar-refractivity contribution in [1.29, 1.82) is 0 Å². The van der Waals surface area contributed by atoms with Gasteiger partial charge in [0, 0.05) is 39.2 Å². The molecular weight excluding hydrogens is 431 g/mol. The molecule has 4 nitrogen and oxygen atoms in total. The molecule has 1 heterocycles. The van der Waals surface area contributed by atoms with Crippen molar-refractivity contribution in [3.05, 3.63) is 68.8 Å². The van der Waals surface area contributed by atoms with Crippen LogP contribution in [0.2, 0.25) is 10.0 Å². The lowest BCUT2D eigenvalue weighted by Crippen LogP contribution is -2.40. The first-order valence-corrected chi connectivity index (χ1v) is 11.5. The normalized spacial score (nSPS) is 14.7. The van der Waals surface area contributed by atoms with Gasteiger partial charge in [-0.05, 0) is 56.5 Å². The SMILES string of the molecule is Cc1ccc2c(c1)c(C(=O)C(=O)NC1CCCCC1)c(C)n2Cc1ccc(Cl)cc1Cl. The van der Waals surface area contributed by atoms with Crippen LogP contribution in [0.5, 0.6) is 0 Å². The van der Waals surface area contributed by atoms with Gasteiger partial charge in [-0.1, -0.05) is 60.2 Å². The summed E-state index contributed by atoms with van der Waals surface area (Å²) >= 11 is 12.5. The summed E-state index contributed by atoms with van der Waals surface area (Å²) in [6.45, 7) is 4.36. The number of Topliss-reactive ketones (excluding diaryl/α,β-unsaturated/α-hetero) is 1. The zero-order valence-corrected chi connectivity index (χ0v) is 19.3. The molecule has 4 rings (SSSR count). The molecule has 1 aromatic heterocycles. The molecule has 0 aliphatic heterocycles. The van der Waals surface area contributed by atoms with Crippen LogP contribution in [0.15, 0.2) is 36.4 Å². The van der Waals surface area contributed by atoms with E-state index in [4.69, 9.17) is 23.2 Å². The molecule has 0 bridgehead atoms. The lowest BCUT2D eigenvalue weighted by Gasteiger charge is -2.22. The number of rotatable bonds is 5. The number of aromatic nitrogens is 1. The first-order chi connectivity index (χ1) is 14.8. The summed E-state index contributed by atoms with van der Waals surface area (Å²) in [5.41, 5.74) is 4.07. The third-order valence-corrected chi connectivity index (χ3v) is 6.78. The van der Waals surface area contributed by atoms with Gasteiger partial charge in [-0.25, -0.2) is 0 Å². The van der Waals surface area contributed by atoms with Crippen molar-refractivity contribution in [1.82, 2.24) is 9.88 Å². The van der Waals surface area contributed by atoms with Gasteiger partial charge in [0.25, 0.3) is 11.7 Å². The first-order valence-electron chi connectivity index (χ1n) is 10.7. The third-order valence-electron chi connectivity index (χ3n) is 6.20. The predicted molar refractivity (Wildman–Crippen MR) is 126 cm³/mol. The van der Waals surface area contributed by atoms with Gasteiger partial charge in [0.05, 0.1) is 5.56 Å². The number of hydrogen-bond donors (Lipinski definition) is 1. The lowest BCUT2D eigenvalue weighted by molar-refractivity contribution is -0.117. The molecule has 0 radical (unpaired) electrons. The standard InChI is InChI=1S/C25H26Cl2N2O2/c1-15-8-11-22-20(12-15)23(24(30)25(31)28-19-6-4-3-5-7-19)16(2)29(22)14-17-9-10-18(26)13-21(17)27/h8-13,19H,3-7,14H2,1-2H3,(H,28,31). The van der Waals surface area contributed by atoms with Crippen LogP contribution < -0.4 is 5.32 Å².